The first-order chi connectivity index (χ1) is 11.2. The first-order valence-electron chi connectivity index (χ1n) is 7.62. The normalized spacial score (nSPS) is 12.9. The number of amides is 1. The van der Waals surface area contributed by atoms with E-state index in [0.29, 0.717) is 5.56 Å². The number of nitrogens with zero attached hydrogens (tertiary/aromatic N) is 1. The monoisotopic (exact) mass is 337 g/mol. The number of halogens is 2. The lowest BCUT2D eigenvalue weighted by Crippen LogP contribution is -2.30. The smallest absolute Gasteiger partial charge is 0.240 e. The Labute approximate surface area is 139 Å². The van der Waals surface area contributed by atoms with Crippen molar-refractivity contribution in [3.63, 3.8) is 0 Å². The van der Waals surface area contributed by atoms with Crippen LogP contribution >= 0.6 is 0 Å². The fraction of sp³-hybridized carbons (Fsp3) is 0.412. The van der Waals surface area contributed by atoms with Crippen LogP contribution < -0.4 is 10.6 Å². The summed E-state index contributed by atoms with van der Waals surface area (Å²) in [5, 5.41) is 9.45. The highest BCUT2D eigenvalue weighted by atomic mass is 19.2. The Kier molecular flexibility index (Phi) is 5.33. The minimum absolute atomic E-state index is 0.00822. The second-order valence-corrected chi connectivity index (χ2v) is 6.65. The Bertz CT molecular complexity index is 723. The third-order valence-electron chi connectivity index (χ3n) is 3.55. The Hall–Kier alpha value is -2.28. The van der Waals surface area contributed by atoms with E-state index in [2.05, 4.69) is 15.8 Å². The second kappa shape index (κ2) is 7.09. The molecule has 1 atom stereocenters. The van der Waals surface area contributed by atoms with Gasteiger partial charge in [-0.05, 0) is 24.6 Å². The minimum atomic E-state index is -0.915. The van der Waals surface area contributed by atoms with Crippen LogP contribution in [0.3, 0.4) is 0 Å². The van der Waals surface area contributed by atoms with E-state index >= 15 is 0 Å². The molecular weight excluding hydrogens is 316 g/mol. The van der Waals surface area contributed by atoms with Gasteiger partial charge in [0.15, 0.2) is 11.6 Å². The molecule has 1 aromatic carbocycles. The summed E-state index contributed by atoms with van der Waals surface area (Å²) in [6.07, 6.45) is 0. The van der Waals surface area contributed by atoms with Crippen LogP contribution in [0.2, 0.25) is 0 Å². The third-order valence-corrected chi connectivity index (χ3v) is 3.55. The van der Waals surface area contributed by atoms with Gasteiger partial charge < -0.3 is 9.84 Å². The van der Waals surface area contributed by atoms with Crippen molar-refractivity contribution in [3.05, 3.63) is 47.2 Å². The average molecular weight is 337 g/mol. The minimum Gasteiger partial charge on any atom is -0.338 e. The van der Waals surface area contributed by atoms with Crippen molar-refractivity contribution in [3.8, 4) is 0 Å². The van der Waals surface area contributed by atoms with Gasteiger partial charge in [0.1, 0.15) is 0 Å². The molecule has 0 aliphatic rings. The predicted molar refractivity (Wildman–Crippen MR) is 86.6 cm³/mol. The SMILES string of the molecule is C[C@H](NCC(=O)Nc1cc(C(C)(C)C)no1)c1ccc(F)c(F)c1. The maximum Gasteiger partial charge on any atom is 0.240 e. The maximum atomic E-state index is 13.2. The van der Waals surface area contributed by atoms with Crippen LogP contribution in [-0.4, -0.2) is 17.6 Å². The molecule has 0 radical (unpaired) electrons. The molecule has 1 amide bonds. The molecule has 24 heavy (non-hydrogen) atoms. The summed E-state index contributed by atoms with van der Waals surface area (Å²) in [6.45, 7) is 7.71. The van der Waals surface area contributed by atoms with Crippen molar-refractivity contribution in [2.24, 2.45) is 0 Å². The third kappa shape index (κ3) is 4.61. The average Bonchev–Trinajstić information content (AvgIpc) is 2.96. The van der Waals surface area contributed by atoms with Crippen LogP contribution in [0.15, 0.2) is 28.8 Å². The number of benzene rings is 1. The molecule has 0 spiro atoms. The van der Waals surface area contributed by atoms with Crippen molar-refractivity contribution in [2.75, 3.05) is 11.9 Å². The molecule has 0 unspecified atom stereocenters. The van der Waals surface area contributed by atoms with Crippen molar-refractivity contribution in [1.82, 2.24) is 10.5 Å². The fourth-order valence-electron chi connectivity index (χ4n) is 2.01. The first kappa shape index (κ1) is 18.1. The molecule has 0 saturated heterocycles. The van der Waals surface area contributed by atoms with E-state index in [1.807, 2.05) is 20.8 Å². The standard InChI is InChI=1S/C17H21F2N3O2/c1-10(11-5-6-12(18)13(19)7-11)20-9-15(23)21-16-8-14(22-24-16)17(2,3)4/h5-8,10,20H,9H2,1-4H3,(H,21,23)/t10-/m0/s1. The summed E-state index contributed by atoms with van der Waals surface area (Å²) >= 11 is 0. The summed E-state index contributed by atoms with van der Waals surface area (Å²) in [6, 6.07) is 5.00. The zero-order valence-corrected chi connectivity index (χ0v) is 14.1. The van der Waals surface area contributed by atoms with E-state index in [4.69, 9.17) is 4.52 Å². The molecular formula is C17H21F2N3O2. The summed E-state index contributed by atoms with van der Waals surface area (Å²) < 4.78 is 31.2. The highest BCUT2D eigenvalue weighted by Gasteiger charge is 2.19. The van der Waals surface area contributed by atoms with Gasteiger partial charge in [0, 0.05) is 17.5 Å². The molecule has 0 aliphatic carbocycles. The largest absolute Gasteiger partial charge is 0.338 e. The van der Waals surface area contributed by atoms with E-state index in [1.165, 1.54) is 6.07 Å². The van der Waals surface area contributed by atoms with Gasteiger partial charge in [0.2, 0.25) is 11.8 Å². The fourth-order valence-corrected chi connectivity index (χ4v) is 2.01. The van der Waals surface area contributed by atoms with Gasteiger partial charge in [-0.15, -0.1) is 0 Å². The van der Waals surface area contributed by atoms with Gasteiger partial charge in [-0.3, -0.25) is 10.1 Å². The number of hydrogen-bond donors (Lipinski definition) is 2. The summed E-state index contributed by atoms with van der Waals surface area (Å²) in [5.41, 5.74) is 1.11. The maximum absolute atomic E-state index is 13.2. The van der Waals surface area contributed by atoms with Crippen LogP contribution in [0.1, 0.15) is 45.0 Å². The lowest BCUT2D eigenvalue weighted by atomic mass is 9.92. The Balaban J connectivity index is 1.88. The van der Waals surface area contributed by atoms with Crippen molar-refractivity contribution < 1.29 is 18.1 Å². The molecule has 2 rings (SSSR count). The molecule has 1 aromatic heterocycles. The lowest BCUT2D eigenvalue weighted by Gasteiger charge is -2.14. The van der Waals surface area contributed by atoms with E-state index in [-0.39, 0.29) is 29.8 Å². The van der Waals surface area contributed by atoms with Gasteiger partial charge in [-0.1, -0.05) is 32.0 Å². The van der Waals surface area contributed by atoms with E-state index in [9.17, 15) is 13.6 Å². The van der Waals surface area contributed by atoms with Crippen molar-refractivity contribution in [2.45, 2.75) is 39.2 Å². The zero-order valence-electron chi connectivity index (χ0n) is 14.1. The Morgan fingerprint density at radius 2 is 1.96 bits per heavy atom. The highest BCUT2D eigenvalue weighted by molar-refractivity contribution is 5.91. The topological polar surface area (TPSA) is 67.2 Å². The van der Waals surface area contributed by atoms with Crippen LogP contribution in [-0.2, 0) is 10.2 Å². The predicted octanol–water partition coefficient (Wildman–Crippen LogP) is 3.54. The Morgan fingerprint density at radius 1 is 1.25 bits per heavy atom. The van der Waals surface area contributed by atoms with E-state index in [1.54, 1.807) is 13.0 Å². The first-order valence-corrected chi connectivity index (χ1v) is 7.62. The molecule has 130 valence electrons. The Morgan fingerprint density at radius 3 is 2.54 bits per heavy atom. The van der Waals surface area contributed by atoms with E-state index in [0.717, 1.165) is 17.8 Å². The van der Waals surface area contributed by atoms with Crippen LogP contribution in [0.5, 0.6) is 0 Å². The number of carbonyl (C=O) groups is 1. The summed E-state index contributed by atoms with van der Waals surface area (Å²) in [7, 11) is 0. The van der Waals surface area contributed by atoms with Gasteiger partial charge in [0.25, 0.3) is 0 Å². The molecule has 0 fully saturated rings. The molecule has 0 bridgehead atoms. The second-order valence-electron chi connectivity index (χ2n) is 6.65. The highest BCUT2D eigenvalue weighted by Crippen LogP contribution is 2.23. The molecule has 2 N–H and O–H groups in total. The number of aromatic nitrogens is 1. The molecule has 5 nitrogen and oxygen atoms in total. The molecule has 1 heterocycles. The molecule has 0 aliphatic heterocycles. The van der Waals surface area contributed by atoms with Gasteiger partial charge in [-0.2, -0.15) is 0 Å². The van der Waals surface area contributed by atoms with Gasteiger partial charge in [-0.25, -0.2) is 8.78 Å². The van der Waals surface area contributed by atoms with Crippen molar-refractivity contribution >= 4 is 11.8 Å². The van der Waals surface area contributed by atoms with Gasteiger partial charge in [0.05, 0.1) is 12.2 Å². The number of carbonyl (C=O) groups excluding carboxylic acids is 1. The van der Waals surface area contributed by atoms with E-state index < -0.39 is 11.6 Å². The number of hydrogen-bond acceptors (Lipinski definition) is 4. The summed E-state index contributed by atoms with van der Waals surface area (Å²) in [5.74, 6) is -1.86. The molecule has 7 heteroatoms. The zero-order chi connectivity index (χ0) is 17.9. The van der Waals surface area contributed by atoms with Gasteiger partial charge >= 0.3 is 0 Å². The molecule has 2 aromatic rings. The number of nitrogens with one attached hydrogen (secondary N) is 2. The molecule has 0 saturated carbocycles. The van der Waals surface area contributed by atoms with Crippen LogP contribution in [0.25, 0.3) is 0 Å². The van der Waals surface area contributed by atoms with Crippen LogP contribution in [0.4, 0.5) is 14.7 Å². The summed E-state index contributed by atoms with van der Waals surface area (Å²) in [4.78, 5) is 11.9. The number of anilines is 1. The van der Waals surface area contributed by atoms with Crippen molar-refractivity contribution in [1.29, 1.82) is 0 Å². The van der Waals surface area contributed by atoms with Crippen LogP contribution in [0, 0.1) is 11.6 Å². The quantitative estimate of drug-likeness (QED) is 0.876. The lowest BCUT2D eigenvalue weighted by molar-refractivity contribution is -0.115. The number of rotatable bonds is 5.